The van der Waals surface area contributed by atoms with Gasteiger partial charge in [0.2, 0.25) is 0 Å². The summed E-state index contributed by atoms with van der Waals surface area (Å²) >= 11 is 0. The Morgan fingerprint density at radius 3 is 2.50 bits per heavy atom. The van der Waals surface area contributed by atoms with Gasteiger partial charge in [-0.15, -0.1) is 0 Å². The largest absolute Gasteiger partial charge is 0.389 e. The summed E-state index contributed by atoms with van der Waals surface area (Å²) in [6.45, 7) is 5.91. The maximum absolute atomic E-state index is 10.5. The zero-order valence-electron chi connectivity index (χ0n) is 10.4. The molecular formula is C12H21N3O. The molecule has 0 amide bonds. The van der Waals surface area contributed by atoms with Crippen LogP contribution in [0.15, 0.2) is 0 Å². The molecule has 1 aromatic heterocycles. The van der Waals surface area contributed by atoms with Crippen LogP contribution < -0.4 is 5.32 Å². The van der Waals surface area contributed by atoms with Crippen molar-refractivity contribution in [1.82, 2.24) is 15.1 Å². The maximum Gasteiger partial charge on any atom is 0.0713 e. The first-order valence-corrected chi connectivity index (χ1v) is 5.94. The lowest BCUT2D eigenvalue weighted by atomic mass is 9.85. The van der Waals surface area contributed by atoms with E-state index in [2.05, 4.69) is 17.3 Å². The highest BCUT2D eigenvalue weighted by Crippen LogP contribution is 2.26. The summed E-state index contributed by atoms with van der Waals surface area (Å²) in [5.41, 5.74) is 2.90. The van der Waals surface area contributed by atoms with Crippen molar-refractivity contribution >= 4 is 0 Å². The average Bonchev–Trinajstić information content (AvgIpc) is 2.46. The van der Waals surface area contributed by atoms with Crippen LogP contribution in [0.4, 0.5) is 0 Å². The Labute approximate surface area is 96.7 Å². The third-order valence-electron chi connectivity index (χ3n) is 3.70. The van der Waals surface area contributed by atoms with Crippen molar-refractivity contribution in [3.63, 3.8) is 0 Å². The Morgan fingerprint density at radius 1 is 1.38 bits per heavy atom. The zero-order chi connectivity index (χ0) is 11.8. The fourth-order valence-corrected chi connectivity index (χ4v) is 2.47. The molecule has 0 bridgehead atoms. The first kappa shape index (κ1) is 11.6. The zero-order valence-corrected chi connectivity index (χ0v) is 10.4. The molecule has 16 heavy (non-hydrogen) atoms. The molecule has 0 spiro atoms. The van der Waals surface area contributed by atoms with Crippen molar-refractivity contribution in [3.05, 3.63) is 17.0 Å². The summed E-state index contributed by atoms with van der Waals surface area (Å²) < 4.78 is 1.90. The number of hydrogen-bond acceptors (Lipinski definition) is 3. The molecule has 4 nitrogen and oxygen atoms in total. The average molecular weight is 223 g/mol. The summed E-state index contributed by atoms with van der Waals surface area (Å²) in [6, 6.07) is 0. The fourth-order valence-electron chi connectivity index (χ4n) is 2.47. The lowest BCUT2D eigenvalue weighted by Gasteiger charge is -2.32. The molecule has 1 aliphatic heterocycles. The van der Waals surface area contributed by atoms with Gasteiger partial charge in [-0.05, 0) is 45.3 Å². The quantitative estimate of drug-likeness (QED) is 0.776. The van der Waals surface area contributed by atoms with E-state index in [-0.39, 0.29) is 0 Å². The molecular weight excluding hydrogens is 202 g/mol. The summed E-state index contributed by atoms with van der Waals surface area (Å²) in [6.07, 6.45) is 2.40. The predicted molar refractivity (Wildman–Crippen MR) is 63.4 cm³/mol. The van der Waals surface area contributed by atoms with E-state index in [1.54, 1.807) is 0 Å². The first-order valence-electron chi connectivity index (χ1n) is 5.94. The smallest absolute Gasteiger partial charge is 0.0713 e. The number of piperidine rings is 1. The van der Waals surface area contributed by atoms with Gasteiger partial charge in [0.1, 0.15) is 0 Å². The highest BCUT2D eigenvalue weighted by atomic mass is 16.3. The van der Waals surface area contributed by atoms with Gasteiger partial charge in [-0.25, -0.2) is 0 Å². The van der Waals surface area contributed by atoms with E-state index in [4.69, 9.17) is 0 Å². The van der Waals surface area contributed by atoms with Crippen molar-refractivity contribution in [2.45, 2.75) is 38.7 Å². The van der Waals surface area contributed by atoms with Gasteiger partial charge >= 0.3 is 0 Å². The summed E-state index contributed by atoms with van der Waals surface area (Å²) in [5, 5.41) is 18.2. The molecule has 2 N–H and O–H groups in total. The standard InChI is InChI=1S/C12H21N3O/c1-9-11(10(2)15(3)14-9)8-12(16)4-6-13-7-5-12/h13,16H,4-8H2,1-3H3. The predicted octanol–water partition coefficient (Wildman–Crippen LogP) is 0.694. The molecule has 0 radical (unpaired) electrons. The highest BCUT2D eigenvalue weighted by Gasteiger charge is 2.31. The number of nitrogens with one attached hydrogen (secondary N) is 1. The topological polar surface area (TPSA) is 50.1 Å². The number of hydrogen-bond donors (Lipinski definition) is 2. The summed E-state index contributed by atoms with van der Waals surface area (Å²) in [4.78, 5) is 0. The number of rotatable bonds is 2. The fraction of sp³-hybridized carbons (Fsp3) is 0.750. The molecule has 2 heterocycles. The second-order valence-electron chi connectivity index (χ2n) is 4.92. The molecule has 0 aliphatic carbocycles. The van der Waals surface area contributed by atoms with Crippen LogP contribution in [0.1, 0.15) is 29.8 Å². The third-order valence-corrected chi connectivity index (χ3v) is 3.70. The maximum atomic E-state index is 10.5. The van der Waals surface area contributed by atoms with Crippen molar-refractivity contribution in [2.75, 3.05) is 13.1 Å². The molecule has 4 heteroatoms. The van der Waals surface area contributed by atoms with E-state index in [0.29, 0.717) is 0 Å². The summed E-state index contributed by atoms with van der Waals surface area (Å²) in [5.74, 6) is 0. The Balaban J connectivity index is 2.19. The van der Waals surface area contributed by atoms with Crippen molar-refractivity contribution in [1.29, 1.82) is 0 Å². The minimum atomic E-state index is -0.538. The van der Waals surface area contributed by atoms with Gasteiger partial charge < -0.3 is 10.4 Å². The molecule has 1 saturated heterocycles. The first-order chi connectivity index (χ1) is 7.52. The minimum absolute atomic E-state index is 0.538. The van der Waals surface area contributed by atoms with Crippen LogP contribution in [-0.2, 0) is 13.5 Å². The molecule has 0 saturated carbocycles. The van der Waals surface area contributed by atoms with Crippen LogP contribution in [-0.4, -0.2) is 33.6 Å². The third kappa shape index (κ3) is 2.13. The molecule has 2 rings (SSSR count). The van der Waals surface area contributed by atoms with E-state index < -0.39 is 5.60 Å². The van der Waals surface area contributed by atoms with Crippen LogP contribution >= 0.6 is 0 Å². The van der Waals surface area contributed by atoms with E-state index in [9.17, 15) is 5.11 Å². The van der Waals surface area contributed by atoms with Crippen molar-refractivity contribution in [3.8, 4) is 0 Å². The van der Waals surface area contributed by atoms with E-state index in [0.717, 1.165) is 38.0 Å². The van der Waals surface area contributed by atoms with Gasteiger partial charge in [0, 0.05) is 19.2 Å². The Kier molecular flexibility index (Phi) is 3.04. The van der Waals surface area contributed by atoms with Gasteiger partial charge in [0.05, 0.1) is 11.3 Å². The van der Waals surface area contributed by atoms with Crippen molar-refractivity contribution in [2.24, 2.45) is 7.05 Å². The SMILES string of the molecule is Cc1nn(C)c(C)c1CC1(O)CCNCC1. The molecule has 1 aromatic rings. The van der Waals surface area contributed by atoms with Crippen LogP contribution in [0.2, 0.25) is 0 Å². The van der Waals surface area contributed by atoms with Gasteiger partial charge in [0.15, 0.2) is 0 Å². The second kappa shape index (κ2) is 4.18. The van der Waals surface area contributed by atoms with Crippen LogP contribution in [0.5, 0.6) is 0 Å². The highest BCUT2D eigenvalue weighted by molar-refractivity contribution is 5.26. The monoisotopic (exact) mass is 223 g/mol. The number of aryl methyl sites for hydroxylation is 2. The van der Waals surface area contributed by atoms with Gasteiger partial charge in [0.25, 0.3) is 0 Å². The Morgan fingerprint density at radius 2 is 2.00 bits per heavy atom. The second-order valence-corrected chi connectivity index (χ2v) is 4.92. The van der Waals surface area contributed by atoms with Gasteiger partial charge in [-0.1, -0.05) is 0 Å². The molecule has 90 valence electrons. The number of aromatic nitrogens is 2. The number of nitrogens with zero attached hydrogens (tertiary/aromatic N) is 2. The van der Waals surface area contributed by atoms with E-state index in [1.807, 2.05) is 18.7 Å². The van der Waals surface area contributed by atoms with Crippen LogP contribution in [0.25, 0.3) is 0 Å². The van der Waals surface area contributed by atoms with Crippen LogP contribution in [0.3, 0.4) is 0 Å². The van der Waals surface area contributed by atoms with E-state index >= 15 is 0 Å². The van der Waals surface area contributed by atoms with Crippen molar-refractivity contribution < 1.29 is 5.11 Å². The Bertz CT molecular complexity index is 378. The van der Waals surface area contributed by atoms with Gasteiger partial charge in [-0.2, -0.15) is 5.10 Å². The lowest BCUT2D eigenvalue weighted by molar-refractivity contribution is 0.0106. The minimum Gasteiger partial charge on any atom is -0.389 e. The lowest BCUT2D eigenvalue weighted by Crippen LogP contribution is -2.43. The molecule has 0 unspecified atom stereocenters. The van der Waals surface area contributed by atoms with Crippen LogP contribution in [0, 0.1) is 13.8 Å². The molecule has 1 aliphatic rings. The molecule has 1 fully saturated rings. The normalized spacial score (nSPS) is 20.0. The molecule has 0 atom stereocenters. The molecule has 0 aromatic carbocycles. The van der Waals surface area contributed by atoms with Gasteiger partial charge in [-0.3, -0.25) is 4.68 Å². The number of aliphatic hydroxyl groups is 1. The Hall–Kier alpha value is -0.870. The summed E-state index contributed by atoms with van der Waals surface area (Å²) in [7, 11) is 1.96. The van der Waals surface area contributed by atoms with E-state index in [1.165, 1.54) is 11.3 Å².